The predicted molar refractivity (Wildman–Crippen MR) is 45.0 cm³/mol. The van der Waals surface area contributed by atoms with E-state index in [0.29, 0.717) is 11.4 Å². The lowest BCUT2D eigenvalue weighted by Gasteiger charge is -2.01. The zero-order valence-corrected chi connectivity index (χ0v) is 7.06. The zero-order chi connectivity index (χ0) is 8.27. The van der Waals surface area contributed by atoms with Gasteiger partial charge in [0.05, 0.1) is 7.98 Å². The molecule has 10 heavy (non-hydrogen) atoms. The van der Waals surface area contributed by atoms with Gasteiger partial charge in [0.15, 0.2) is 0 Å². The maximum atomic E-state index is 8.87. The molecule has 1 rings (SSSR count). The van der Waals surface area contributed by atoms with E-state index in [4.69, 9.17) is 6.48 Å². The van der Waals surface area contributed by atoms with Crippen LogP contribution in [-0.2, 0) is 11.9 Å². The maximum Gasteiger partial charge on any atom is 0.0684 e. The second kappa shape index (κ2) is 3.74. The summed E-state index contributed by atoms with van der Waals surface area (Å²) < 4.78 is 7.47. The summed E-state index contributed by atoms with van der Waals surface area (Å²) in [7, 11) is 0. The number of rotatable bonds is 2. The van der Waals surface area contributed by atoms with E-state index in [1.165, 1.54) is 0 Å². The lowest BCUT2D eigenvalue weighted by molar-refractivity contribution is 0.281. The lowest BCUT2D eigenvalue weighted by atomic mass is 10.1. The van der Waals surface area contributed by atoms with E-state index in [9.17, 15) is 0 Å². The largest absolute Gasteiger partial charge is 0.392 e. The Labute approximate surface area is 70.2 Å². The summed E-state index contributed by atoms with van der Waals surface area (Å²) in [5.41, 5.74) is 1.70. The van der Waals surface area contributed by atoms with E-state index in [0.717, 1.165) is 11.1 Å². The van der Waals surface area contributed by atoms with E-state index >= 15 is 0 Å². The number of hydrogen-bond acceptors (Lipinski definition) is 1. The molecule has 1 aromatic rings. The Hall–Kier alpha value is -0.340. The fourth-order valence-corrected chi connectivity index (χ4v) is 1.30. The van der Waals surface area contributed by atoms with Crippen LogP contribution in [0.2, 0.25) is 0 Å². The zero-order valence-electron chi connectivity index (χ0n) is 6.47. The number of benzene rings is 1. The van der Waals surface area contributed by atoms with E-state index < -0.39 is 0 Å². The summed E-state index contributed by atoms with van der Waals surface area (Å²) in [5, 5.41) is 9.50. The summed E-state index contributed by atoms with van der Waals surface area (Å²) >= 11 is 3.27. The minimum absolute atomic E-state index is 0.00759. The standard InChI is InChI=1S/C8H9BrO/c9-5-7-3-1-2-4-8(7)6-10/h1-4,10H,5-6H2/i3D. The highest BCUT2D eigenvalue weighted by Crippen LogP contribution is 2.11. The average Bonchev–Trinajstić information content (AvgIpc) is 2.04. The molecule has 0 fully saturated rings. The molecule has 2 heteroatoms. The average molecular weight is 202 g/mol. The van der Waals surface area contributed by atoms with E-state index in [-0.39, 0.29) is 6.61 Å². The molecule has 0 aliphatic heterocycles. The topological polar surface area (TPSA) is 20.2 Å². The highest BCUT2D eigenvalue weighted by molar-refractivity contribution is 9.08. The van der Waals surface area contributed by atoms with Crippen LogP contribution in [0.4, 0.5) is 0 Å². The van der Waals surface area contributed by atoms with Gasteiger partial charge in [-0.3, -0.25) is 0 Å². The Bertz CT molecular complexity index is 250. The molecule has 0 aromatic heterocycles. The van der Waals surface area contributed by atoms with Gasteiger partial charge < -0.3 is 5.11 Å². The van der Waals surface area contributed by atoms with Crippen LogP contribution in [0.3, 0.4) is 0 Å². The Morgan fingerprint density at radius 1 is 1.50 bits per heavy atom. The van der Waals surface area contributed by atoms with Crippen LogP contribution >= 0.6 is 15.9 Å². The van der Waals surface area contributed by atoms with Crippen LogP contribution in [0.15, 0.2) is 24.2 Å². The number of hydrogen-bond donors (Lipinski definition) is 1. The molecule has 0 aliphatic carbocycles. The van der Waals surface area contributed by atoms with Crippen molar-refractivity contribution < 1.29 is 6.48 Å². The molecule has 0 amide bonds. The molecular formula is C8H9BrO. The Morgan fingerprint density at radius 3 is 2.80 bits per heavy atom. The van der Waals surface area contributed by atoms with Crippen LogP contribution in [0.25, 0.3) is 0 Å². The Morgan fingerprint density at radius 2 is 2.30 bits per heavy atom. The summed E-state index contributed by atoms with van der Waals surface area (Å²) in [4.78, 5) is 0. The van der Waals surface area contributed by atoms with Gasteiger partial charge in [-0.25, -0.2) is 0 Å². The number of aliphatic hydroxyl groups is 1. The molecule has 0 aliphatic rings. The van der Waals surface area contributed by atoms with E-state index in [1.54, 1.807) is 12.1 Å². The van der Waals surface area contributed by atoms with Crippen molar-refractivity contribution in [1.82, 2.24) is 0 Å². The minimum atomic E-state index is 0.00759. The van der Waals surface area contributed by atoms with Gasteiger partial charge >= 0.3 is 0 Å². The number of alkyl halides is 1. The number of halogens is 1. The molecule has 1 aromatic carbocycles. The normalized spacial score (nSPS) is 11.2. The molecule has 0 spiro atoms. The SMILES string of the molecule is [2H]c1cccc(CO)c1CBr. The maximum absolute atomic E-state index is 8.87. The highest BCUT2D eigenvalue weighted by atomic mass is 79.9. The van der Waals surface area contributed by atoms with Gasteiger partial charge in [-0.1, -0.05) is 40.2 Å². The van der Waals surface area contributed by atoms with Crippen molar-refractivity contribution in [2.75, 3.05) is 0 Å². The first-order valence-electron chi connectivity index (χ1n) is 3.53. The van der Waals surface area contributed by atoms with Gasteiger partial charge in [-0.05, 0) is 11.1 Å². The molecule has 0 radical (unpaired) electrons. The highest BCUT2D eigenvalue weighted by Gasteiger charge is 1.95. The van der Waals surface area contributed by atoms with Crippen molar-refractivity contribution >= 4 is 15.9 Å². The first-order valence-corrected chi connectivity index (χ1v) is 4.16. The Balaban J connectivity index is 3.13. The molecule has 0 unspecified atom stereocenters. The van der Waals surface area contributed by atoms with Crippen LogP contribution in [0.5, 0.6) is 0 Å². The van der Waals surface area contributed by atoms with Crippen LogP contribution in [-0.4, -0.2) is 5.11 Å². The molecule has 1 nitrogen and oxygen atoms in total. The summed E-state index contributed by atoms with van der Waals surface area (Å²) in [6, 6.07) is 5.80. The molecular weight excluding hydrogens is 192 g/mol. The van der Waals surface area contributed by atoms with Crippen molar-refractivity contribution in [2.24, 2.45) is 0 Å². The minimum Gasteiger partial charge on any atom is -0.392 e. The van der Waals surface area contributed by atoms with Crippen molar-refractivity contribution in [3.8, 4) is 0 Å². The second-order valence-electron chi connectivity index (χ2n) is 1.97. The van der Waals surface area contributed by atoms with Crippen molar-refractivity contribution in [1.29, 1.82) is 0 Å². The predicted octanol–water partition coefficient (Wildman–Crippen LogP) is 2.07. The summed E-state index contributed by atoms with van der Waals surface area (Å²) in [5.74, 6) is 0. The fourth-order valence-electron chi connectivity index (χ4n) is 0.779. The van der Waals surface area contributed by atoms with Gasteiger partial charge in [0.2, 0.25) is 0 Å². The van der Waals surface area contributed by atoms with Gasteiger partial charge in [0, 0.05) is 5.33 Å². The quantitative estimate of drug-likeness (QED) is 0.728. The molecule has 54 valence electrons. The molecule has 0 atom stereocenters. The first-order chi connectivity index (χ1) is 5.29. The third-order valence-corrected chi connectivity index (χ3v) is 1.90. The van der Waals surface area contributed by atoms with Gasteiger partial charge in [-0.2, -0.15) is 0 Å². The first kappa shape index (κ1) is 6.38. The van der Waals surface area contributed by atoms with Crippen molar-refractivity contribution in [3.63, 3.8) is 0 Å². The third kappa shape index (κ3) is 1.58. The molecule has 0 saturated carbocycles. The van der Waals surface area contributed by atoms with Gasteiger partial charge in [-0.15, -0.1) is 0 Å². The lowest BCUT2D eigenvalue weighted by Crippen LogP contribution is -1.88. The van der Waals surface area contributed by atoms with Crippen LogP contribution in [0.1, 0.15) is 12.5 Å². The summed E-state index contributed by atoms with van der Waals surface area (Å²) in [6.07, 6.45) is 0. The van der Waals surface area contributed by atoms with E-state index in [1.807, 2.05) is 6.07 Å². The molecule has 0 saturated heterocycles. The Kier molecular flexibility index (Phi) is 2.38. The van der Waals surface area contributed by atoms with Gasteiger partial charge in [0.25, 0.3) is 0 Å². The summed E-state index contributed by atoms with van der Waals surface area (Å²) in [6.45, 7) is 0.00759. The van der Waals surface area contributed by atoms with Crippen molar-refractivity contribution in [2.45, 2.75) is 11.9 Å². The molecule has 0 heterocycles. The number of aliphatic hydroxyl groups excluding tert-OH is 1. The fraction of sp³-hybridized carbons (Fsp3) is 0.250. The van der Waals surface area contributed by atoms with Crippen LogP contribution in [0, 0.1) is 0 Å². The van der Waals surface area contributed by atoms with Gasteiger partial charge in [0.1, 0.15) is 0 Å². The monoisotopic (exact) mass is 201 g/mol. The van der Waals surface area contributed by atoms with Crippen molar-refractivity contribution in [3.05, 3.63) is 35.4 Å². The second-order valence-corrected chi connectivity index (χ2v) is 2.53. The molecule has 0 bridgehead atoms. The molecule has 1 N–H and O–H groups in total. The van der Waals surface area contributed by atoms with E-state index in [2.05, 4.69) is 15.9 Å². The van der Waals surface area contributed by atoms with Crippen LogP contribution < -0.4 is 0 Å². The third-order valence-electron chi connectivity index (χ3n) is 1.34. The smallest absolute Gasteiger partial charge is 0.0684 e.